The molecule has 0 saturated carbocycles. The number of amides is 3. The smallest absolute Gasteiger partial charge is 0.481 e. The van der Waals surface area contributed by atoms with Crippen LogP contribution in [0.15, 0.2) is 36.4 Å². The molecule has 0 aliphatic carbocycles. The molecule has 0 fully saturated rings. The van der Waals surface area contributed by atoms with E-state index in [1.807, 2.05) is 64.1 Å². The highest BCUT2D eigenvalue weighted by molar-refractivity contribution is 5.90. The molecule has 1 aromatic carbocycles. The molecule has 0 spiro atoms. The molecule has 0 bridgehead atoms. The Balaban J connectivity index is 0.00000223. The highest BCUT2D eigenvalue weighted by Crippen LogP contribution is 2.26. The largest absolute Gasteiger partial charge is 0.490 e. The fourth-order valence-electron chi connectivity index (χ4n) is 3.79. The van der Waals surface area contributed by atoms with Gasteiger partial charge in [-0.1, -0.05) is 70.2 Å². The van der Waals surface area contributed by atoms with Gasteiger partial charge in [0.2, 0.25) is 11.8 Å². The number of hydrogen-bond acceptors (Lipinski definition) is 7. The molecule has 0 radical (unpaired) electrons. The molecular formula is C28H41F3N4O8. The van der Waals surface area contributed by atoms with E-state index in [0.29, 0.717) is 6.42 Å². The number of carbonyl (C=O) groups excluding carboxylic acids is 3. The number of nitrogens with zero attached hydrogens (tertiary/aromatic N) is 1. The van der Waals surface area contributed by atoms with Crippen LogP contribution in [0.25, 0.3) is 6.08 Å². The molecule has 15 heteroatoms. The number of benzene rings is 1. The van der Waals surface area contributed by atoms with Gasteiger partial charge in [-0.15, -0.1) is 0 Å². The number of hydrazine groups is 1. The van der Waals surface area contributed by atoms with Gasteiger partial charge in [0, 0.05) is 13.0 Å². The summed E-state index contributed by atoms with van der Waals surface area (Å²) in [5.41, 5.74) is 11.1. The minimum Gasteiger partial charge on any atom is -0.481 e. The number of nitrogens with one attached hydrogen (secondary N) is 2. The van der Waals surface area contributed by atoms with Crippen LogP contribution < -0.4 is 16.6 Å². The molecule has 0 aliphatic heterocycles. The molecule has 1 rings (SSSR count). The summed E-state index contributed by atoms with van der Waals surface area (Å²) in [5.74, 6) is -7.41. The second-order valence-electron chi connectivity index (χ2n) is 10.5. The zero-order valence-electron chi connectivity index (χ0n) is 24.5. The molecule has 3 atom stereocenters. The number of carboxylic acids is 2. The highest BCUT2D eigenvalue weighted by atomic mass is 19.4. The highest BCUT2D eigenvalue weighted by Gasteiger charge is 2.38. The number of carbonyl (C=O) groups is 5. The second-order valence-corrected chi connectivity index (χ2v) is 10.5. The third-order valence-electron chi connectivity index (χ3n) is 5.78. The first-order chi connectivity index (χ1) is 19.9. The number of allylic oxidation sites excluding steroid dienone is 1. The van der Waals surface area contributed by atoms with Crippen LogP contribution in [0.3, 0.4) is 0 Å². The minimum atomic E-state index is -5.08. The zero-order chi connectivity index (χ0) is 33.3. The Morgan fingerprint density at radius 1 is 0.953 bits per heavy atom. The Labute approximate surface area is 248 Å². The number of halogens is 3. The number of hydroxylamine groups is 1. The van der Waals surface area contributed by atoms with E-state index < -0.39 is 53.7 Å². The normalized spacial score (nSPS) is 13.5. The molecule has 0 heterocycles. The first-order valence-electron chi connectivity index (χ1n) is 13.4. The Morgan fingerprint density at radius 2 is 1.51 bits per heavy atom. The van der Waals surface area contributed by atoms with Crippen LogP contribution in [0.4, 0.5) is 13.2 Å². The average Bonchev–Trinajstić information content (AvgIpc) is 2.91. The van der Waals surface area contributed by atoms with Gasteiger partial charge in [-0.25, -0.2) is 10.3 Å². The molecule has 0 unspecified atom stereocenters. The van der Waals surface area contributed by atoms with Crippen molar-refractivity contribution < 1.29 is 52.6 Å². The van der Waals surface area contributed by atoms with Crippen molar-refractivity contribution in [3.63, 3.8) is 0 Å². The quantitative estimate of drug-likeness (QED) is 0.134. The number of aliphatic carboxylic acids is 2. The molecule has 1 aromatic rings. The van der Waals surface area contributed by atoms with Gasteiger partial charge in [-0.3, -0.25) is 34.8 Å². The Morgan fingerprint density at radius 3 is 1.95 bits per heavy atom. The molecule has 43 heavy (non-hydrogen) atoms. The van der Waals surface area contributed by atoms with Crippen molar-refractivity contribution in [2.45, 2.75) is 65.6 Å². The lowest BCUT2D eigenvalue weighted by atomic mass is 9.82. The number of carboxylic acid groups (broad SMARTS) is 2. The van der Waals surface area contributed by atoms with Crippen LogP contribution in [0.5, 0.6) is 0 Å². The molecule has 0 aromatic heterocycles. The number of hydrogen-bond donors (Lipinski definition) is 6. The van der Waals surface area contributed by atoms with E-state index in [4.69, 9.17) is 20.7 Å². The summed E-state index contributed by atoms with van der Waals surface area (Å²) >= 11 is 0. The summed E-state index contributed by atoms with van der Waals surface area (Å²) in [7, 11) is 0. The number of alkyl halides is 3. The molecule has 3 amide bonds. The maximum absolute atomic E-state index is 13.4. The van der Waals surface area contributed by atoms with Gasteiger partial charge in [0.15, 0.2) is 0 Å². The van der Waals surface area contributed by atoms with E-state index >= 15 is 0 Å². The standard InChI is InChI=1S/C26H40N4O6.C2HF3O2/c1-17(2)15-21(20(25(34)29-36)12-8-11-19-9-6-5-7-10-19)24(33)28-30(16-18(3)4)26(35)22(27)13-14-23(31)32;3-2(4,5)1(6)7/h5-11,17-18,20-22,36H,12-16,27H2,1-4H3,(H,28,33)(H,29,34)(H,31,32);(H,6,7)/b11-8+;/t20-,21+,22+;/m0./s1. The van der Waals surface area contributed by atoms with Crippen LogP contribution in [0.2, 0.25) is 0 Å². The van der Waals surface area contributed by atoms with Crippen molar-refractivity contribution >= 4 is 35.7 Å². The topological polar surface area (TPSA) is 199 Å². The van der Waals surface area contributed by atoms with Gasteiger partial charge < -0.3 is 15.9 Å². The summed E-state index contributed by atoms with van der Waals surface area (Å²) in [6.45, 7) is 7.69. The van der Waals surface area contributed by atoms with E-state index in [0.717, 1.165) is 10.6 Å². The first-order valence-corrected chi connectivity index (χ1v) is 13.4. The lowest BCUT2D eigenvalue weighted by Gasteiger charge is -2.31. The van der Waals surface area contributed by atoms with Gasteiger partial charge in [0.25, 0.3) is 5.91 Å². The number of nitrogens with two attached hydrogens (primary N) is 1. The molecule has 7 N–H and O–H groups in total. The monoisotopic (exact) mass is 618 g/mol. The Hall–Kier alpha value is -3.98. The summed E-state index contributed by atoms with van der Waals surface area (Å²) in [6, 6.07) is 8.36. The average molecular weight is 619 g/mol. The summed E-state index contributed by atoms with van der Waals surface area (Å²) in [5, 5.41) is 26.5. The predicted molar refractivity (Wildman–Crippen MR) is 150 cm³/mol. The molecule has 12 nitrogen and oxygen atoms in total. The van der Waals surface area contributed by atoms with Gasteiger partial charge in [0.1, 0.15) is 0 Å². The Kier molecular flexibility index (Phi) is 17.5. The molecule has 0 saturated heterocycles. The van der Waals surface area contributed by atoms with Crippen molar-refractivity contribution in [2.75, 3.05) is 6.54 Å². The molecule has 242 valence electrons. The Bertz CT molecular complexity index is 1080. The van der Waals surface area contributed by atoms with Gasteiger partial charge in [0.05, 0.1) is 17.9 Å². The lowest BCUT2D eigenvalue weighted by molar-refractivity contribution is -0.192. The van der Waals surface area contributed by atoms with Crippen molar-refractivity contribution in [3.05, 3.63) is 42.0 Å². The summed E-state index contributed by atoms with van der Waals surface area (Å²) < 4.78 is 31.7. The summed E-state index contributed by atoms with van der Waals surface area (Å²) in [4.78, 5) is 58.7. The third kappa shape index (κ3) is 16.3. The van der Waals surface area contributed by atoms with Crippen molar-refractivity contribution in [3.8, 4) is 0 Å². The van der Waals surface area contributed by atoms with Crippen LogP contribution in [-0.4, -0.2) is 68.9 Å². The van der Waals surface area contributed by atoms with Gasteiger partial charge in [-0.2, -0.15) is 13.2 Å². The third-order valence-corrected chi connectivity index (χ3v) is 5.78. The van der Waals surface area contributed by atoms with E-state index in [2.05, 4.69) is 5.43 Å². The molecule has 0 aliphatic rings. The second kappa shape index (κ2) is 19.3. The fraction of sp³-hybridized carbons (Fsp3) is 0.536. The van der Waals surface area contributed by atoms with Crippen molar-refractivity contribution in [1.29, 1.82) is 0 Å². The lowest BCUT2D eigenvalue weighted by Crippen LogP contribution is -2.56. The van der Waals surface area contributed by atoms with Gasteiger partial charge >= 0.3 is 18.1 Å². The maximum atomic E-state index is 13.4. The van der Waals surface area contributed by atoms with E-state index in [1.165, 1.54) is 0 Å². The van der Waals surface area contributed by atoms with Crippen molar-refractivity contribution in [1.82, 2.24) is 15.9 Å². The van der Waals surface area contributed by atoms with Crippen molar-refractivity contribution in [2.24, 2.45) is 29.4 Å². The fourth-order valence-corrected chi connectivity index (χ4v) is 3.79. The van der Waals surface area contributed by atoms with E-state index in [9.17, 15) is 37.6 Å². The number of rotatable bonds is 14. The van der Waals surface area contributed by atoms with Crippen LogP contribution in [0, 0.1) is 23.7 Å². The minimum absolute atomic E-state index is 0.0187. The SMILES string of the molecule is CC(C)C[C@@H](C(=O)NN(CC(C)C)C(=O)[C@H](N)CCC(=O)O)[C@H](C/C=C/c1ccccc1)C(=O)NO.O=C(O)C(F)(F)F. The zero-order valence-corrected chi connectivity index (χ0v) is 24.5. The maximum Gasteiger partial charge on any atom is 0.490 e. The van der Waals surface area contributed by atoms with E-state index in [-0.39, 0.29) is 37.6 Å². The van der Waals surface area contributed by atoms with Crippen LogP contribution in [-0.2, 0) is 24.0 Å². The first kappa shape index (κ1) is 39.0. The predicted octanol–water partition coefficient (Wildman–Crippen LogP) is 3.22. The molecular weight excluding hydrogens is 577 g/mol. The van der Waals surface area contributed by atoms with E-state index in [1.54, 1.807) is 11.6 Å². The van der Waals surface area contributed by atoms with Crippen LogP contribution in [0.1, 0.15) is 58.9 Å². The van der Waals surface area contributed by atoms with Crippen LogP contribution >= 0.6 is 0 Å². The summed E-state index contributed by atoms with van der Waals surface area (Å²) in [6.07, 6.45) is -1.32. The van der Waals surface area contributed by atoms with Gasteiger partial charge in [-0.05, 0) is 36.7 Å².